The summed E-state index contributed by atoms with van der Waals surface area (Å²) in [5.41, 5.74) is 5.50. The minimum atomic E-state index is -0.600. The van der Waals surface area contributed by atoms with E-state index >= 15 is 0 Å². The second kappa shape index (κ2) is 10.0. The largest absolute Gasteiger partial charge is 0.507 e. The third-order valence-electron chi connectivity index (χ3n) is 5.39. The molecular weight excluding hydrogens is 438 g/mol. The van der Waals surface area contributed by atoms with Crippen molar-refractivity contribution in [1.29, 1.82) is 0 Å². The fraction of sp³-hybridized carbons (Fsp3) is 0.400. The first-order valence-electron chi connectivity index (χ1n) is 11.3. The molecule has 1 aliphatic carbocycles. The number of aromatic hydroxyl groups is 2. The van der Waals surface area contributed by atoms with Crippen molar-refractivity contribution in [3.8, 4) is 11.5 Å². The van der Waals surface area contributed by atoms with Crippen LogP contribution in [-0.2, 0) is 4.74 Å². The summed E-state index contributed by atoms with van der Waals surface area (Å²) in [7, 11) is 0. The van der Waals surface area contributed by atoms with Crippen LogP contribution >= 0.6 is 0 Å². The van der Waals surface area contributed by atoms with Gasteiger partial charge in [-0.3, -0.25) is 9.59 Å². The van der Waals surface area contributed by atoms with Gasteiger partial charge in [-0.15, -0.1) is 0 Å². The lowest BCUT2D eigenvalue weighted by Gasteiger charge is -2.23. The van der Waals surface area contributed by atoms with E-state index in [0.29, 0.717) is 18.8 Å². The van der Waals surface area contributed by atoms with Gasteiger partial charge in [0.1, 0.15) is 17.1 Å². The van der Waals surface area contributed by atoms with Crippen molar-refractivity contribution in [2.45, 2.75) is 52.1 Å². The van der Waals surface area contributed by atoms with Gasteiger partial charge in [0, 0.05) is 24.5 Å². The Kier molecular flexibility index (Phi) is 7.34. The van der Waals surface area contributed by atoms with Crippen LogP contribution in [0.2, 0.25) is 0 Å². The maximum absolute atomic E-state index is 13.2. The number of nitrogen functional groups attached to an aromatic ring is 1. The zero-order valence-electron chi connectivity index (χ0n) is 19.7. The lowest BCUT2D eigenvalue weighted by atomic mass is 9.81. The highest BCUT2D eigenvalue weighted by molar-refractivity contribution is 6.33. The Bertz CT molecular complexity index is 1120. The van der Waals surface area contributed by atoms with E-state index in [2.05, 4.69) is 10.6 Å². The number of phenolic OH excluding ortho intramolecular Hbond substituents is 2. The summed E-state index contributed by atoms with van der Waals surface area (Å²) >= 11 is 0. The highest BCUT2D eigenvalue weighted by Gasteiger charge is 2.37. The SMILES string of the molecule is CC(C)(C)OC(=O)NCCCCCCNc1ccc(O)c2c1C(=O)c1c(O)ccc(N)c1C2=O. The van der Waals surface area contributed by atoms with Crippen LogP contribution in [0.1, 0.15) is 78.3 Å². The fourth-order valence-electron chi connectivity index (χ4n) is 3.87. The molecule has 2 aromatic carbocycles. The molecule has 182 valence electrons. The highest BCUT2D eigenvalue weighted by Crippen LogP contribution is 2.41. The Hall–Kier alpha value is -3.75. The second-order valence-electron chi connectivity index (χ2n) is 9.23. The zero-order valence-corrected chi connectivity index (χ0v) is 19.7. The molecule has 6 N–H and O–H groups in total. The molecule has 0 aromatic heterocycles. The van der Waals surface area contributed by atoms with Crippen molar-refractivity contribution in [3.63, 3.8) is 0 Å². The van der Waals surface area contributed by atoms with Crippen molar-refractivity contribution in [3.05, 3.63) is 46.5 Å². The van der Waals surface area contributed by atoms with E-state index in [1.165, 1.54) is 18.2 Å². The van der Waals surface area contributed by atoms with Gasteiger partial charge in [-0.2, -0.15) is 0 Å². The number of phenols is 2. The van der Waals surface area contributed by atoms with Crippen molar-refractivity contribution in [2.75, 3.05) is 24.1 Å². The maximum Gasteiger partial charge on any atom is 0.407 e. The van der Waals surface area contributed by atoms with Gasteiger partial charge in [-0.05, 0) is 57.9 Å². The van der Waals surface area contributed by atoms with Gasteiger partial charge in [0.25, 0.3) is 0 Å². The number of anilines is 2. The molecule has 0 saturated heterocycles. The van der Waals surface area contributed by atoms with E-state index in [4.69, 9.17) is 10.5 Å². The monoisotopic (exact) mass is 469 g/mol. The van der Waals surface area contributed by atoms with Crippen LogP contribution in [0.25, 0.3) is 0 Å². The topological polar surface area (TPSA) is 151 Å². The van der Waals surface area contributed by atoms with Crippen LogP contribution in [0.4, 0.5) is 16.2 Å². The number of unbranched alkanes of at least 4 members (excludes halogenated alkanes) is 3. The van der Waals surface area contributed by atoms with Crippen molar-refractivity contribution in [1.82, 2.24) is 5.32 Å². The lowest BCUT2D eigenvalue weighted by Crippen LogP contribution is -2.32. The van der Waals surface area contributed by atoms with Crippen LogP contribution in [0.5, 0.6) is 11.5 Å². The minimum absolute atomic E-state index is 0.0277. The molecule has 0 unspecified atom stereocenters. The molecule has 34 heavy (non-hydrogen) atoms. The Balaban J connectivity index is 1.57. The Morgan fingerprint density at radius 3 is 2.06 bits per heavy atom. The van der Waals surface area contributed by atoms with Crippen molar-refractivity contribution in [2.24, 2.45) is 0 Å². The number of hydrogen-bond donors (Lipinski definition) is 5. The van der Waals surface area contributed by atoms with E-state index in [1.54, 1.807) is 6.07 Å². The first-order valence-corrected chi connectivity index (χ1v) is 11.3. The lowest BCUT2D eigenvalue weighted by molar-refractivity contribution is 0.0526. The molecule has 3 rings (SSSR count). The van der Waals surface area contributed by atoms with Gasteiger partial charge in [0.05, 0.1) is 22.3 Å². The van der Waals surface area contributed by atoms with Crippen molar-refractivity contribution >= 4 is 29.0 Å². The number of ether oxygens (including phenoxy) is 1. The van der Waals surface area contributed by atoms with Gasteiger partial charge in [-0.1, -0.05) is 12.8 Å². The molecule has 2 aromatic rings. The summed E-state index contributed by atoms with van der Waals surface area (Å²) in [5, 5.41) is 26.4. The zero-order chi connectivity index (χ0) is 25.0. The van der Waals surface area contributed by atoms with Crippen LogP contribution in [0.3, 0.4) is 0 Å². The maximum atomic E-state index is 13.2. The molecular formula is C25H31N3O6. The summed E-state index contributed by atoms with van der Waals surface area (Å²) < 4.78 is 5.19. The van der Waals surface area contributed by atoms with Crippen LogP contribution < -0.4 is 16.4 Å². The number of fused-ring (bicyclic) bond motifs is 2. The van der Waals surface area contributed by atoms with E-state index in [-0.39, 0.29) is 39.4 Å². The fourth-order valence-corrected chi connectivity index (χ4v) is 3.87. The molecule has 1 amide bonds. The second-order valence-corrected chi connectivity index (χ2v) is 9.23. The highest BCUT2D eigenvalue weighted by atomic mass is 16.6. The molecule has 0 bridgehead atoms. The first-order chi connectivity index (χ1) is 16.0. The van der Waals surface area contributed by atoms with Gasteiger partial charge < -0.3 is 31.3 Å². The van der Waals surface area contributed by atoms with E-state index in [9.17, 15) is 24.6 Å². The number of carbonyl (C=O) groups is 3. The number of alkyl carbamates (subject to hydrolysis) is 1. The predicted octanol–water partition coefficient (Wildman–Crippen LogP) is 3.95. The number of hydrogen-bond acceptors (Lipinski definition) is 8. The average molecular weight is 470 g/mol. The van der Waals surface area contributed by atoms with E-state index in [1.807, 2.05) is 20.8 Å². The van der Waals surface area contributed by atoms with Crippen LogP contribution in [0.15, 0.2) is 24.3 Å². The number of nitrogens with two attached hydrogens (primary N) is 1. The third kappa shape index (κ3) is 5.41. The van der Waals surface area contributed by atoms with E-state index in [0.717, 1.165) is 25.7 Å². The summed E-state index contributed by atoms with van der Waals surface area (Å²) in [6.45, 7) is 6.49. The van der Waals surface area contributed by atoms with E-state index < -0.39 is 23.3 Å². The number of nitrogens with one attached hydrogen (secondary N) is 2. The standard InChI is InChI=1S/C25H31N3O6/c1-25(2,3)34-24(33)28-13-7-5-4-6-12-27-15-9-11-17(30)21-19(15)23(32)20-16(29)10-8-14(26)18(20)22(21)31/h8-11,27,29-30H,4-7,12-13,26H2,1-3H3,(H,28,33). The Morgan fingerprint density at radius 1 is 0.853 bits per heavy atom. The number of ketones is 2. The number of rotatable bonds is 8. The van der Waals surface area contributed by atoms with Gasteiger partial charge in [0.2, 0.25) is 11.6 Å². The Morgan fingerprint density at radius 2 is 1.41 bits per heavy atom. The third-order valence-corrected chi connectivity index (χ3v) is 5.39. The molecule has 0 fully saturated rings. The number of carbonyl (C=O) groups excluding carboxylic acids is 3. The number of amides is 1. The smallest absolute Gasteiger partial charge is 0.407 e. The summed E-state index contributed by atoms with van der Waals surface area (Å²) in [5.74, 6) is -1.81. The van der Waals surface area contributed by atoms with Gasteiger partial charge >= 0.3 is 6.09 Å². The summed E-state index contributed by atoms with van der Waals surface area (Å²) in [6.07, 6.45) is 2.94. The molecule has 0 radical (unpaired) electrons. The van der Waals surface area contributed by atoms with Crippen molar-refractivity contribution < 1.29 is 29.3 Å². The molecule has 0 aliphatic heterocycles. The molecule has 1 aliphatic rings. The van der Waals surface area contributed by atoms with Gasteiger partial charge in [-0.25, -0.2) is 4.79 Å². The first kappa shape index (κ1) is 24.9. The summed E-state index contributed by atoms with van der Waals surface area (Å²) in [4.78, 5) is 37.8. The number of benzene rings is 2. The normalized spacial score (nSPS) is 12.7. The van der Waals surface area contributed by atoms with Crippen LogP contribution in [-0.4, -0.2) is 46.6 Å². The molecule has 0 atom stereocenters. The quantitative estimate of drug-likeness (QED) is 0.189. The Labute approximate surface area is 198 Å². The average Bonchev–Trinajstić information content (AvgIpc) is 2.74. The predicted molar refractivity (Wildman–Crippen MR) is 129 cm³/mol. The molecule has 0 spiro atoms. The van der Waals surface area contributed by atoms with Crippen LogP contribution in [0, 0.1) is 0 Å². The molecule has 9 heteroatoms. The molecule has 0 saturated carbocycles. The summed E-state index contributed by atoms with van der Waals surface area (Å²) in [6, 6.07) is 5.53. The van der Waals surface area contributed by atoms with Gasteiger partial charge in [0.15, 0.2) is 0 Å². The molecule has 0 heterocycles. The molecule has 9 nitrogen and oxygen atoms in total. The minimum Gasteiger partial charge on any atom is -0.507 e.